The van der Waals surface area contributed by atoms with Gasteiger partial charge in [-0.3, -0.25) is 14.8 Å². The average Bonchev–Trinajstić information content (AvgIpc) is 4.12. The smallest absolute Gasteiger partial charge is 0.336 e. The van der Waals surface area contributed by atoms with Gasteiger partial charge in [0.05, 0.1) is 46.4 Å². The van der Waals surface area contributed by atoms with Gasteiger partial charge in [0.1, 0.15) is 30.2 Å². The molecule has 1 saturated heterocycles. The molecule has 2 aromatic carbocycles. The zero-order chi connectivity index (χ0) is 51.6. The minimum absolute atomic E-state index is 0.0583. The van der Waals surface area contributed by atoms with Gasteiger partial charge >= 0.3 is 5.97 Å². The van der Waals surface area contributed by atoms with Crippen LogP contribution in [0.1, 0.15) is 102 Å². The van der Waals surface area contributed by atoms with Crippen molar-refractivity contribution >= 4 is 44.4 Å². The number of carbonyl (C=O) groups is 2. The molecule has 7 atom stereocenters. The van der Waals surface area contributed by atoms with Gasteiger partial charge in [0, 0.05) is 68.1 Å². The molecular formula is C54H66N10O9S. The van der Waals surface area contributed by atoms with E-state index in [-0.39, 0.29) is 39.9 Å². The van der Waals surface area contributed by atoms with Crippen molar-refractivity contribution in [2.75, 3.05) is 43.6 Å². The second kappa shape index (κ2) is 19.8. The summed E-state index contributed by atoms with van der Waals surface area (Å²) in [7, 11) is 1.37. The summed E-state index contributed by atoms with van der Waals surface area (Å²) in [6.07, 6.45) is 7.73. The first-order valence-corrected chi connectivity index (χ1v) is 26.6. The number of hydrogen-bond donors (Lipinski definition) is 6. The van der Waals surface area contributed by atoms with E-state index in [4.69, 9.17) is 24.3 Å². The standard InChI is InChI=1S/C54H66N10O9S/c1-32-37(42-36(48(69)70)14-17-56-46(42)62-19-15-33-9-7-11-35(38(33)23-62)47(68)59-50-58-39-12-5-6-13-41(39)74-50)21-57-64(32)31-53-26-51(2)25-52(3,27-53)29-54(28-51,30-53)72-20-18-55-16-8-10-34-22-63(61-60-34)24-40-43(65)44(66)45(67)49(71-4)73-40/h5-7,9,11-14,17,21-22,40,43-45,49,55,65-67H,8,10,15-16,18-20,23-31H2,1-4H3,(H,69,70)(H,58,59,68)/t40-,43-,44+,45-,49-,51?,52?,53?,54?/m0/s1. The molecule has 4 aliphatic carbocycles. The first-order chi connectivity index (χ1) is 35.5. The number of carbonyl (C=O) groups excluding carboxylic acids is 1. The summed E-state index contributed by atoms with van der Waals surface area (Å²) in [5, 5.41) is 62.1. The topological polar surface area (TPSA) is 244 Å². The molecule has 12 rings (SSSR count). The minimum atomic E-state index is -1.40. The molecule has 6 N–H and O–H groups in total. The molecule has 4 bridgehead atoms. The van der Waals surface area contributed by atoms with Crippen molar-refractivity contribution in [3.05, 3.63) is 101 Å². The SMILES string of the molecule is CO[C@H]1O[C@@H](Cn2cc(CCCNCCOC34CC5(C)CC(C)(CC(Cn6ncc(-c7c(C(=O)O)ccnc7N7CCc8cccc(C(=O)Nc9nc%10ccccc%10s9)c8C7)c6C)(C5)C3)C4)nn2)[C@H](O)[C@@H](O)[C@@H]1O. The number of methoxy groups -OCH3 is 1. The maximum absolute atomic E-state index is 13.9. The Kier molecular flexibility index (Phi) is 13.5. The van der Waals surface area contributed by atoms with E-state index in [9.17, 15) is 30.0 Å². The van der Waals surface area contributed by atoms with Crippen molar-refractivity contribution in [2.24, 2.45) is 16.2 Å². The number of carboxylic acids is 1. The maximum atomic E-state index is 13.9. The highest BCUT2D eigenvalue weighted by Gasteiger charge is 2.66. The van der Waals surface area contributed by atoms with Crippen molar-refractivity contribution < 1.29 is 44.2 Å². The van der Waals surface area contributed by atoms with E-state index < -0.39 is 36.7 Å². The van der Waals surface area contributed by atoms with Crippen LogP contribution >= 0.6 is 11.3 Å². The highest BCUT2D eigenvalue weighted by Crippen LogP contribution is 2.72. The number of rotatable bonds is 18. The van der Waals surface area contributed by atoms with Gasteiger partial charge in [0.2, 0.25) is 0 Å². The normalized spacial score (nSPS) is 29.2. The fraction of sp³-hybridized carbons (Fsp3) is 0.537. The molecule has 19 nitrogen and oxygen atoms in total. The van der Waals surface area contributed by atoms with Crippen LogP contribution in [0.4, 0.5) is 10.9 Å². The fourth-order valence-corrected chi connectivity index (χ4v) is 15.2. The van der Waals surface area contributed by atoms with Crippen molar-refractivity contribution in [3.63, 3.8) is 0 Å². The zero-order valence-corrected chi connectivity index (χ0v) is 43.2. The quantitative estimate of drug-likeness (QED) is 0.0559. The minimum Gasteiger partial charge on any atom is -0.478 e. The maximum Gasteiger partial charge on any atom is 0.336 e. The Morgan fingerprint density at radius 3 is 2.54 bits per heavy atom. The Balaban J connectivity index is 0.744. The van der Waals surface area contributed by atoms with E-state index in [1.165, 1.54) is 18.4 Å². The Hall–Kier alpha value is -5.71. The van der Waals surface area contributed by atoms with E-state index in [2.05, 4.69) is 55.4 Å². The van der Waals surface area contributed by atoms with Crippen LogP contribution in [0, 0.1) is 23.2 Å². The van der Waals surface area contributed by atoms with Crippen LogP contribution in [0.15, 0.2) is 67.1 Å². The molecular weight excluding hydrogens is 965 g/mol. The largest absolute Gasteiger partial charge is 0.478 e. The van der Waals surface area contributed by atoms with E-state index in [0.29, 0.717) is 67.7 Å². The van der Waals surface area contributed by atoms with Gasteiger partial charge in [-0.25, -0.2) is 19.4 Å². The fourth-order valence-electron chi connectivity index (χ4n) is 14.4. The third-order valence-electron chi connectivity index (χ3n) is 16.3. The summed E-state index contributed by atoms with van der Waals surface area (Å²) in [5.41, 5.74) is 6.37. The van der Waals surface area contributed by atoms with E-state index in [1.807, 2.05) is 49.5 Å². The number of aliphatic hydroxyl groups is 3. The second-order valence-corrected chi connectivity index (χ2v) is 23.5. The van der Waals surface area contributed by atoms with E-state index >= 15 is 0 Å². The van der Waals surface area contributed by atoms with E-state index in [0.717, 1.165) is 89.8 Å². The molecule has 392 valence electrons. The van der Waals surface area contributed by atoms with Crippen molar-refractivity contribution in [1.29, 1.82) is 0 Å². The summed E-state index contributed by atoms with van der Waals surface area (Å²) in [4.78, 5) is 38.6. The predicted molar refractivity (Wildman–Crippen MR) is 276 cm³/mol. The lowest BCUT2D eigenvalue weighted by molar-refractivity contribution is -0.292. The van der Waals surface area contributed by atoms with Gasteiger partial charge in [-0.15, -0.1) is 5.10 Å². The number of fused-ring (bicyclic) bond motifs is 2. The zero-order valence-electron chi connectivity index (χ0n) is 42.4. The molecule has 4 aromatic heterocycles. The number of benzene rings is 2. The Morgan fingerprint density at radius 2 is 1.76 bits per heavy atom. The molecule has 2 aliphatic heterocycles. The number of amides is 1. The Labute approximate surface area is 433 Å². The highest BCUT2D eigenvalue weighted by molar-refractivity contribution is 7.22. The number of carboxylic acid groups (broad SMARTS) is 1. The molecule has 6 aromatic rings. The molecule has 0 spiro atoms. The van der Waals surface area contributed by atoms with Gasteiger partial charge in [-0.1, -0.05) is 54.7 Å². The lowest BCUT2D eigenvalue weighted by Crippen LogP contribution is -2.64. The number of para-hydroxylation sites is 1. The highest BCUT2D eigenvalue weighted by atomic mass is 32.1. The summed E-state index contributed by atoms with van der Waals surface area (Å²) in [6, 6.07) is 15.2. The van der Waals surface area contributed by atoms with Crippen LogP contribution in [0.2, 0.25) is 0 Å². The lowest BCUT2D eigenvalue weighted by atomic mass is 9.39. The summed E-state index contributed by atoms with van der Waals surface area (Å²) < 4.78 is 22.5. The van der Waals surface area contributed by atoms with Gasteiger partial charge in [-0.2, -0.15) is 5.10 Å². The molecule has 20 heteroatoms. The number of nitrogens with one attached hydrogen (secondary N) is 2. The number of anilines is 2. The summed E-state index contributed by atoms with van der Waals surface area (Å²) >= 11 is 1.43. The third-order valence-corrected chi connectivity index (χ3v) is 17.3. The molecule has 74 heavy (non-hydrogen) atoms. The second-order valence-electron chi connectivity index (χ2n) is 22.5. The number of aromatic carboxylic acids is 1. The Bertz CT molecular complexity index is 3010. The predicted octanol–water partition coefficient (Wildman–Crippen LogP) is 5.78. The van der Waals surface area contributed by atoms with Crippen LogP contribution in [-0.2, 0) is 46.7 Å². The first kappa shape index (κ1) is 50.4. The van der Waals surface area contributed by atoms with Crippen molar-refractivity contribution in [2.45, 2.75) is 134 Å². The monoisotopic (exact) mass is 1030 g/mol. The van der Waals surface area contributed by atoms with Crippen LogP contribution in [0.5, 0.6) is 0 Å². The summed E-state index contributed by atoms with van der Waals surface area (Å²) in [5.74, 6) is -0.730. The first-order valence-electron chi connectivity index (χ1n) is 25.8. The number of aryl methyl sites for hydroxylation is 1. The average molecular weight is 1030 g/mol. The van der Waals surface area contributed by atoms with Crippen LogP contribution in [0.3, 0.4) is 0 Å². The number of ether oxygens (including phenoxy) is 3. The van der Waals surface area contributed by atoms with E-state index in [1.54, 1.807) is 23.1 Å². The van der Waals surface area contributed by atoms with Crippen LogP contribution in [0.25, 0.3) is 21.3 Å². The number of thiazole rings is 1. The molecule has 1 amide bonds. The lowest BCUT2D eigenvalue weighted by Gasteiger charge is -2.69. The van der Waals surface area contributed by atoms with Gasteiger partial charge in [-0.05, 0) is 123 Å². The van der Waals surface area contributed by atoms with Crippen LogP contribution < -0.4 is 15.5 Å². The number of hydrogen-bond acceptors (Lipinski definition) is 16. The number of aromatic nitrogens is 7. The molecule has 6 aliphatic rings. The number of nitrogens with zero attached hydrogens (tertiary/aromatic N) is 8. The van der Waals surface area contributed by atoms with Crippen LogP contribution in [-0.4, -0.2) is 137 Å². The summed E-state index contributed by atoms with van der Waals surface area (Å²) in [6.45, 7) is 10.8. The molecule has 0 radical (unpaired) electrons. The Morgan fingerprint density at radius 1 is 0.946 bits per heavy atom. The van der Waals surface area contributed by atoms with Crippen molar-refractivity contribution in [3.8, 4) is 11.1 Å². The molecule has 6 heterocycles. The van der Waals surface area contributed by atoms with Gasteiger partial charge in [0.25, 0.3) is 5.91 Å². The number of aliphatic hydroxyl groups excluding tert-OH is 3. The molecule has 4 saturated carbocycles. The number of pyridine rings is 1. The van der Waals surface area contributed by atoms with Gasteiger partial charge in [0.15, 0.2) is 11.4 Å². The third kappa shape index (κ3) is 9.74. The van der Waals surface area contributed by atoms with Gasteiger partial charge < -0.3 is 44.9 Å². The van der Waals surface area contributed by atoms with Crippen molar-refractivity contribution in [1.82, 2.24) is 40.1 Å². The molecule has 5 fully saturated rings. The molecule has 2 unspecified atom stereocenters.